The molecule has 0 spiro atoms. The van der Waals surface area contributed by atoms with E-state index in [1.54, 1.807) is 6.21 Å². The number of nitrogen functional groups attached to an aromatic ring is 1. The summed E-state index contributed by atoms with van der Waals surface area (Å²) < 4.78 is 1.48. The Labute approximate surface area is 168 Å². The molecule has 2 aromatic heterocycles. The summed E-state index contributed by atoms with van der Waals surface area (Å²) in [7, 11) is 0. The van der Waals surface area contributed by atoms with Gasteiger partial charge in [-0.3, -0.25) is 4.79 Å². The third-order valence-electron chi connectivity index (χ3n) is 4.81. The zero-order chi connectivity index (χ0) is 20.4. The summed E-state index contributed by atoms with van der Waals surface area (Å²) in [4.78, 5) is 22.3. The highest BCUT2D eigenvalue weighted by Gasteiger charge is 2.24. The molecule has 29 heavy (non-hydrogen) atoms. The first-order valence-electron chi connectivity index (χ1n) is 9.55. The maximum Gasteiger partial charge on any atom is 0.257 e. The number of nitrogens with one attached hydrogen (secondary N) is 1. The van der Waals surface area contributed by atoms with Crippen molar-refractivity contribution in [3.63, 3.8) is 0 Å². The second kappa shape index (κ2) is 7.71. The minimum absolute atomic E-state index is 0.0153. The highest BCUT2D eigenvalue weighted by atomic mass is 16.1. The standard InChI is InChI=1S/C22H22N6O/c1-3-14(2)25-22(29)18-19-21(27-17-12-8-7-11-16(17)26-19)28(20(18)23)24-13-15-9-5-4-6-10-15/h4-14H,3,23H2,1-2H3,(H,25,29). The number of aromatic nitrogens is 3. The van der Waals surface area contributed by atoms with Crippen molar-refractivity contribution in [2.24, 2.45) is 5.10 Å². The molecule has 0 aliphatic carbocycles. The molecule has 0 saturated carbocycles. The fourth-order valence-corrected chi connectivity index (χ4v) is 3.05. The lowest BCUT2D eigenvalue weighted by molar-refractivity contribution is 0.0941. The summed E-state index contributed by atoms with van der Waals surface area (Å²) in [6.07, 6.45) is 2.49. The van der Waals surface area contributed by atoms with E-state index in [0.717, 1.165) is 12.0 Å². The zero-order valence-electron chi connectivity index (χ0n) is 16.3. The van der Waals surface area contributed by atoms with Crippen LogP contribution in [0.2, 0.25) is 0 Å². The van der Waals surface area contributed by atoms with E-state index in [0.29, 0.717) is 27.8 Å². The van der Waals surface area contributed by atoms with E-state index in [4.69, 9.17) is 5.73 Å². The first kappa shape index (κ1) is 18.6. The first-order valence-corrected chi connectivity index (χ1v) is 9.55. The normalized spacial score (nSPS) is 12.6. The van der Waals surface area contributed by atoms with Gasteiger partial charge >= 0.3 is 0 Å². The number of fused-ring (bicyclic) bond motifs is 2. The molecular formula is C22H22N6O. The van der Waals surface area contributed by atoms with Gasteiger partial charge in [0.05, 0.1) is 17.2 Å². The molecule has 0 saturated heterocycles. The van der Waals surface area contributed by atoms with Crippen LogP contribution < -0.4 is 11.1 Å². The van der Waals surface area contributed by atoms with Crippen molar-refractivity contribution in [1.29, 1.82) is 0 Å². The number of carbonyl (C=O) groups excluding carboxylic acids is 1. The summed E-state index contributed by atoms with van der Waals surface area (Å²) in [5, 5.41) is 7.46. The van der Waals surface area contributed by atoms with Crippen LogP contribution in [0.15, 0.2) is 59.7 Å². The molecule has 4 rings (SSSR count). The van der Waals surface area contributed by atoms with Crippen molar-refractivity contribution in [2.75, 3.05) is 5.73 Å². The van der Waals surface area contributed by atoms with Crippen molar-refractivity contribution >= 4 is 40.1 Å². The molecule has 0 fully saturated rings. The Morgan fingerprint density at radius 2 is 1.79 bits per heavy atom. The number of rotatable bonds is 5. The molecule has 4 aromatic rings. The van der Waals surface area contributed by atoms with Crippen LogP contribution in [0.4, 0.5) is 5.82 Å². The highest BCUT2D eigenvalue weighted by Crippen LogP contribution is 2.28. The number of hydrogen-bond donors (Lipinski definition) is 2. The Balaban J connectivity index is 1.92. The third kappa shape index (κ3) is 3.54. The van der Waals surface area contributed by atoms with Crippen LogP contribution in [0.1, 0.15) is 36.2 Å². The molecular weight excluding hydrogens is 364 g/mol. The lowest BCUT2D eigenvalue weighted by atomic mass is 10.2. The van der Waals surface area contributed by atoms with Gasteiger partial charge in [-0.05, 0) is 31.0 Å². The lowest BCUT2D eigenvalue weighted by Gasteiger charge is -2.11. The number of amides is 1. The van der Waals surface area contributed by atoms with E-state index in [9.17, 15) is 4.79 Å². The van der Waals surface area contributed by atoms with E-state index in [2.05, 4.69) is 20.4 Å². The predicted octanol–water partition coefficient (Wildman–Crippen LogP) is 3.58. The fraction of sp³-hybridized carbons (Fsp3) is 0.182. The molecule has 3 N–H and O–H groups in total. The number of para-hydroxylation sites is 2. The van der Waals surface area contributed by atoms with E-state index in [-0.39, 0.29) is 17.8 Å². The van der Waals surface area contributed by atoms with Gasteiger partial charge in [0, 0.05) is 6.04 Å². The third-order valence-corrected chi connectivity index (χ3v) is 4.81. The van der Waals surface area contributed by atoms with Crippen LogP contribution in [0.3, 0.4) is 0 Å². The number of nitrogens with zero attached hydrogens (tertiary/aromatic N) is 4. The van der Waals surface area contributed by atoms with Gasteiger partial charge in [-0.2, -0.15) is 9.78 Å². The van der Waals surface area contributed by atoms with Crippen LogP contribution in [0.25, 0.3) is 22.2 Å². The van der Waals surface area contributed by atoms with Gasteiger partial charge in [-0.1, -0.05) is 49.4 Å². The Bertz CT molecular complexity index is 1210. The van der Waals surface area contributed by atoms with Crippen LogP contribution in [0, 0.1) is 0 Å². The summed E-state index contributed by atoms with van der Waals surface area (Å²) in [5.41, 5.74) is 9.87. The van der Waals surface area contributed by atoms with Crippen LogP contribution in [-0.4, -0.2) is 32.8 Å². The molecule has 2 heterocycles. The SMILES string of the molecule is CCC(C)NC(=O)c1c(N)n(N=Cc2ccccc2)c2nc3ccccc3nc12. The highest BCUT2D eigenvalue weighted by molar-refractivity contribution is 6.10. The van der Waals surface area contributed by atoms with Crippen LogP contribution in [0.5, 0.6) is 0 Å². The van der Waals surface area contributed by atoms with Crippen molar-refractivity contribution in [3.8, 4) is 0 Å². The molecule has 0 radical (unpaired) electrons. The van der Waals surface area contributed by atoms with Crippen molar-refractivity contribution in [1.82, 2.24) is 20.0 Å². The van der Waals surface area contributed by atoms with Crippen molar-refractivity contribution in [3.05, 3.63) is 65.7 Å². The molecule has 146 valence electrons. The smallest absolute Gasteiger partial charge is 0.257 e. The fourth-order valence-electron chi connectivity index (χ4n) is 3.05. The number of nitrogens with two attached hydrogens (primary N) is 1. The van der Waals surface area contributed by atoms with Gasteiger partial charge in [0.2, 0.25) is 0 Å². The van der Waals surface area contributed by atoms with Gasteiger partial charge in [0.15, 0.2) is 5.65 Å². The molecule has 1 atom stereocenters. The average molecular weight is 386 g/mol. The maximum absolute atomic E-state index is 12.9. The monoisotopic (exact) mass is 386 g/mol. The summed E-state index contributed by atoms with van der Waals surface area (Å²) in [6.45, 7) is 3.96. The Morgan fingerprint density at radius 1 is 1.14 bits per heavy atom. The summed E-state index contributed by atoms with van der Waals surface area (Å²) >= 11 is 0. The van der Waals surface area contributed by atoms with Gasteiger partial charge in [0.1, 0.15) is 16.9 Å². The zero-order valence-corrected chi connectivity index (χ0v) is 16.3. The number of benzene rings is 2. The van der Waals surface area contributed by atoms with Gasteiger partial charge in [-0.25, -0.2) is 9.97 Å². The van der Waals surface area contributed by atoms with E-state index >= 15 is 0 Å². The van der Waals surface area contributed by atoms with Gasteiger partial charge < -0.3 is 11.1 Å². The van der Waals surface area contributed by atoms with Crippen LogP contribution in [-0.2, 0) is 0 Å². The van der Waals surface area contributed by atoms with E-state index in [1.165, 1.54) is 4.68 Å². The minimum atomic E-state index is -0.278. The Morgan fingerprint density at radius 3 is 2.48 bits per heavy atom. The van der Waals surface area contributed by atoms with Crippen LogP contribution >= 0.6 is 0 Å². The van der Waals surface area contributed by atoms with Gasteiger partial charge in [0.25, 0.3) is 5.91 Å². The second-order valence-electron chi connectivity index (χ2n) is 6.89. The molecule has 0 bridgehead atoms. The molecule has 0 aliphatic heterocycles. The maximum atomic E-state index is 12.9. The van der Waals surface area contributed by atoms with Crippen molar-refractivity contribution < 1.29 is 4.79 Å². The first-order chi connectivity index (χ1) is 14.1. The minimum Gasteiger partial charge on any atom is -0.383 e. The summed E-state index contributed by atoms with van der Waals surface area (Å²) in [5.74, 6) is -0.0663. The van der Waals surface area contributed by atoms with Crippen molar-refractivity contribution in [2.45, 2.75) is 26.3 Å². The molecule has 7 heteroatoms. The molecule has 7 nitrogen and oxygen atoms in total. The number of carbonyl (C=O) groups is 1. The lowest BCUT2D eigenvalue weighted by Crippen LogP contribution is -2.32. The predicted molar refractivity (Wildman–Crippen MR) is 116 cm³/mol. The average Bonchev–Trinajstić information content (AvgIpc) is 3.01. The largest absolute Gasteiger partial charge is 0.383 e. The topological polar surface area (TPSA) is 98.2 Å². The Hall–Kier alpha value is -3.74. The molecule has 1 amide bonds. The molecule has 0 aliphatic rings. The van der Waals surface area contributed by atoms with E-state index < -0.39 is 0 Å². The van der Waals surface area contributed by atoms with Gasteiger partial charge in [-0.15, -0.1) is 0 Å². The molecule has 2 aromatic carbocycles. The quantitative estimate of drug-likeness (QED) is 0.512. The number of hydrogen-bond acceptors (Lipinski definition) is 5. The Kier molecular flexibility index (Phi) is 4.95. The van der Waals surface area contributed by atoms with E-state index in [1.807, 2.05) is 68.4 Å². The summed E-state index contributed by atoms with van der Waals surface area (Å²) in [6, 6.07) is 17.2. The second-order valence-corrected chi connectivity index (χ2v) is 6.89. The molecule has 1 unspecified atom stereocenters. The number of anilines is 1.